The number of piperidine rings is 1. The zero-order valence-electron chi connectivity index (χ0n) is 15.6. The summed E-state index contributed by atoms with van der Waals surface area (Å²) in [6.07, 6.45) is 8.77. The van der Waals surface area contributed by atoms with Crippen LogP contribution in [0.1, 0.15) is 39.0 Å². The zero-order valence-corrected chi connectivity index (χ0v) is 15.6. The molecule has 2 aliphatic heterocycles. The maximum Gasteiger partial charge on any atom is 0.0682 e. The summed E-state index contributed by atoms with van der Waals surface area (Å²) in [4.78, 5) is 2.82. The number of hydrogen-bond acceptors (Lipinski definition) is 3. The van der Waals surface area contributed by atoms with Gasteiger partial charge in [0.1, 0.15) is 0 Å². The summed E-state index contributed by atoms with van der Waals surface area (Å²) in [5.74, 6) is 1.50. The third-order valence-corrected chi connectivity index (χ3v) is 6.27. The second kappa shape index (κ2) is 7.46. The minimum absolute atomic E-state index is 0.627. The molecule has 25 heavy (non-hydrogen) atoms. The maximum atomic E-state index is 5.30. The Balaban J connectivity index is 1.36. The summed E-state index contributed by atoms with van der Waals surface area (Å²) in [6.45, 7) is 5.52. The van der Waals surface area contributed by atoms with Crippen molar-refractivity contribution in [2.24, 2.45) is 11.8 Å². The van der Waals surface area contributed by atoms with Gasteiger partial charge in [-0.2, -0.15) is 5.10 Å². The highest BCUT2D eigenvalue weighted by Gasteiger charge is 2.40. The van der Waals surface area contributed by atoms with E-state index in [9.17, 15) is 0 Å². The van der Waals surface area contributed by atoms with Crippen LogP contribution in [0.2, 0.25) is 0 Å². The molecule has 136 valence electrons. The van der Waals surface area contributed by atoms with Crippen molar-refractivity contribution < 1.29 is 4.74 Å². The van der Waals surface area contributed by atoms with Crippen LogP contribution in [-0.4, -0.2) is 47.0 Å². The van der Waals surface area contributed by atoms with Gasteiger partial charge in [0.2, 0.25) is 0 Å². The quantitative estimate of drug-likeness (QED) is 0.764. The third-order valence-electron chi connectivity index (χ3n) is 6.27. The summed E-state index contributed by atoms with van der Waals surface area (Å²) >= 11 is 0. The summed E-state index contributed by atoms with van der Waals surface area (Å²) in [7, 11) is 1.82. The van der Waals surface area contributed by atoms with E-state index < -0.39 is 0 Å². The summed E-state index contributed by atoms with van der Waals surface area (Å²) in [5, 5.41) is 5.86. The molecular formula is C21H31N3O. The van der Waals surface area contributed by atoms with E-state index in [-0.39, 0.29) is 0 Å². The predicted octanol–water partition coefficient (Wildman–Crippen LogP) is 3.95. The SMILES string of the molecule is COCCC1C[C@H]2CC[C@@H](C1)N2CC(C)Cn1ncc2ccccc21. The van der Waals surface area contributed by atoms with E-state index in [0.717, 1.165) is 31.2 Å². The number of hydrogen-bond donors (Lipinski definition) is 0. The number of methoxy groups -OCH3 is 1. The largest absolute Gasteiger partial charge is 0.385 e. The third kappa shape index (κ3) is 3.61. The van der Waals surface area contributed by atoms with E-state index in [2.05, 4.69) is 45.9 Å². The second-order valence-electron chi connectivity index (χ2n) is 8.19. The van der Waals surface area contributed by atoms with Gasteiger partial charge < -0.3 is 4.74 Å². The topological polar surface area (TPSA) is 30.3 Å². The predicted molar refractivity (Wildman–Crippen MR) is 102 cm³/mol. The lowest BCUT2D eigenvalue weighted by molar-refractivity contribution is 0.0700. The molecule has 4 rings (SSSR count). The van der Waals surface area contributed by atoms with E-state index in [1.807, 2.05) is 13.3 Å². The maximum absolute atomic E-state index is 5.30. The molecule has 0 aliphatic carbocycles. The number of ether oxygens (including phenoxy) is 1. The molecule has 1 aromatic carbocycles. The van der Waals surface area contributed by atoms with E-state index >= 15 is 0 Å². The number of fused-ring (bicyclic) bond motifs is 3. The van der Waals surface area contributed by atoms with Gasteiger partial charge >= 0.3 is 0 Å². The first kappa shape index (κ1) is 17.0. The molecule has 0 amide bonds. The average molecular weight is 341 g/mol. The molecule has 2 aromatic rings. The number of rotatable bonds is 7. The van der Waals surface area contributed by atoms with Gasteiger partial charge in [0, 0.05) is 44.3 Å². The molecule has 0 spiro atoms. The highest BCUT2D eigenvalue weighted by molar-refractivity contribution is 5.78. The first-order chi connectivity index (χ1) is 12.2. The molecule has 0 saturated carbocycles. The Kier molecular flexibility index (Phi) is 5.09. The minimum Gasteiger partial charge on any atom is -0.385 e. The molecule has 4 nitrogen and oxygen atoms in total. The van der Waals surface area contributed by atoms with Crippen LogP contribution < -0.4 is 0 Å². The van der Waals surface area contributed by atoms with Crippen LogP contribution in [0.25, 0.3) is 10.9 Å². The molecule has 0 radical (unpaired) electrons. The number of nitrogens with zero attached hydrogens (tertiary/aromatic N) is 3. The lowest BCUT2D eigenvalue weighted by Crippen LogP contribution is -2.45. The van der Waals surface area contributed by atoms with E-state index in [0.29, 0.717) is 5.92 Å². The summed E-state index contributed by atoms with van der Waals surface area (Å²) in [6, 6.07) is 10.1. The second-order valence-corrected chi connectivity index (χ2v) is 8.19. The number of aromatic nitrogens is 2. The van der Waals surface area contributed by atoms with Crippen molar-refractivity contribution in [3.63, 3.8) is 0 Å². The van der Waals surface area contributed by atoms with Gasteiger partial charge in [-0.25, -0.2) is 0 Å². The molecule has 2 fully saturated rings. The van der Waals surface area contributed by atoms with Gasteiger partial charge in [0.25, 0.3) is 0 Å². The van der Waals surface area contributed by atoms with Gasteiger partial charge in [-0.1, -0.05) is 25.1 Å². The van der Waals surface area contributed by atoms with Crippen LogP contribution in [-0.2, 0) is 11.3 Å². The number of para-hydroxylation sites is 1. The van der Waals surface area contributed by atoms with E-state index in [1.54, 1.807) is 0 Å². The minimum atomic E-state index is 0.627. The van der Waals surface area contributed by atoms with Crippen molar-refractivity contribution in [2.45, 2.75) is 57.7 Å². The monoisotopic (exact) mass is 341 g/mol. The van der Waals surface area contributed by atoms with Crippen molar-refractivity contribution in [1.82, 2.24) is 14.7 Å². The molecule has 4 heteroatoms. The summed E-state index contributed by atoms with van der Waals surface area (Å²) < 4.78 is 7.49. The Hall–Kier alpha value is -1.39. The first-order valence-corrected chi connectivity index (χ1v) is 9.90. The molecule has 4 atom stereocenters. The standard InChI is InChI=1S/C21H31N3O/c1-16(15-24-21-6-4-3-5-18(21)13-22-24)14-23-19-7-8-20(23)12-17(11-19)9-10-25-2/h3-6,13,16-17,19-20H,7-12,14-15H2,1-2H3/t16?,17?,19-,20+. The molecule has 2 unspecified atom stereocenters. The fraction of sp³-hybridized carbons (Fsp3) is 0.667. The zero-order chi connectivity index (χ0) is 17.2. The fourth-order valence-electron chi connectivity index (χ4n) is 5.09. The Bertz CT molecular complexity index is 683. The first-order valence-electron chi connectivity index (χ1n) is 9.90. The average Bonchev–Trinajstić information content (AvgIpc) is 3.11. The van der Waals surface area contributed by atoms with Crippen molar-refractivity contribution in [3.05, 3.63) is 30.5 Å². The van der Waals surface area contributed by atoms with Crippen LogP contribution in [0, 0.1) is 11.8 Å². The molecular weight excluding hydrogens is 310 g/mol. The van der Waals surface area contributed by atoms with Crippen LogP contribution in [0.5, 0.6) is 0 Å². The Labute approximate surface area is 151 Å². The Morgan fingerprint density at radius 1 is 1.16 bits per heavy atom. The van der Waals surface area contributed by atoms with Gasteiger partial charge in [-0.15, -0.1) is 0 Å². The Morgan fingerprint density at radius 3 is 2.68 bits per heavy atom. The van der Waals surface area contributed by atoms with Crippen LogP contribution in [0.3, 0.4) is 0 Å². The van der Waals surface area contributed by atoms with E-state index in [4.69, 9.17) is 4.74 Å². The molecule has 0 N–H and O–H groups in total. The van der Waals surface area contributed by atoms with E-state index in [1.165, 1.54) is 49.6 Å². The Morgan fingerprint density at radius 2 is 1.92 bits per heavy atom. The van der Waals surface area contributed by atoms with Crippen LogP contribution >= 0.6 is 0 Å². The molecule has 1 aromatic heterocycles. The van der Waals surface area contributed by atoms with Crippen molar-refractivity contribution in [2.75, 3.05) is 20.3 Å². The van der Waals surface area contributed by atoms with Gasteiger partial charge in [-0.3, -0.25) is 9.58 Å². The summed E-state index contributed by atoms with van der Waals surface area (Å²) in [5.41, 5.74) is 1.26. The van der Waals surface area contributed by atoms with Crippen molar-refractivity contribution in [1.29, 1.82) is 0 Å². The molecule has 2 aliphatic rings. The van der Waals surface area contributed by atoms with Gasteiger partial charge in [-0.05, 0) is 50.0 Å². The lowest BCUT2D eigenvalue weighted by Gasteiger charge is -2.40. The van der Waals surface area contributed by atoms with Crippen LogP contribution in [0.4, 0.5) is 0 Å². The normalized spacial score (nSPS) is 27.8. The molecule has 2 saturated heterocycles. The van der Waals surface area contributed by atoms with Crippen molar-refractivity contribution in [3.8, 4) is 0 Å². The number of benzene rings is 1. The highest BCUT2D eigenvalue weighted by Crippen LogP contribution is 2.40. The van der Waals surface area contributed by atoms with Gasteiger partial charge in [0.05, 0.1) is 11.7 Å². The highest BCUT2D eigenvalue weighted by atomic mass is 16.5. The smallest absolute Gasteiger partial charge is 0.0682 e. The van der Waals surface area contributed by atoms with Crippen molar-refractivity contribution >= 4 is 10.9 Å². The fourth-order valence-corrected chi connectivity index (χ4v) is 5.09. The lowest BCUT2D eigenvalue weighted by atomic mass is 9.88. The van der Waals surface area contributed by atoms with Crippen LogP contribution in [0.15, 0.2) is 30.5 Å². The molecule has 2 bridgehead atoms. The molecule has 3 heterocycles. The van der Waals surface area contributed by atoms with Gasteiger partial charge in [0.15, 0.2) is 0 Å².